The van der Waals surface area contributed by atoms with Gasteiger partial charge in [-0.1, -0.05) is 30.7 Å². The summed E-state index contributed by atoms with van der Waals surface area (Å²) in [6.45, 7) is 1.75. The molecule has 0 aromatic heterocycles. The van der Waals surface area contributed by atoms with Crippen molar-refractivity contribution in [2.24, 2.45) is 0 Å². The summed E-state index contributed by atoms with van der Waals surface area (Å²) >= 11 is 5.71. The van der Waals surface area contributed by atoms with Crippen molar-refractivity contribution >= 4 is 23.1 Å². The Morgan fingerprint density at radius 2 is 2.00 bits per heavy atom. The number of hydrogen-bond donors (Lipinski definition) is 1. The van der Waals surface area contributed by atoms with Gasteiger partial charge in [0.2, 0.25) is 0 Å². The first-order chi connectivity index (χ1) is 7.60. The van der Waals surface area contributed by atoms with Crippen LogP contribution in [0, 0.1) is 11.3 Å². The van der Waals surface area contributed by atoms with Gasteiger partial charge in [0.1, 0.15) is 0 Å². The summed E-state index contributed by atoms with van der Waals surface area (Å²) in [5.41, 5.74) is 0.798. The highest BCUT2D eigenvalue weighted by Crippen LogP contribution is 2.22. The number of carboxylic acid groups (broad SMARTS) is 1. The average molecular weight is 236 g/mol. The van der Waals surface area contributed by atoms with Crippen LogP contribution in [0.1, 0.15) is 18.9 Å². The predicted octanol–water partition coefficient (Wildman–Crippen LogP) is 3.11. The van der Waals surface area contributed by atoms with Gasteiger partial charge in [0, 0.05) is 10.6 Å². The molecule has 1 rings (SSSR count). The van der Waals surface area contributed by atoms with Crippen LogP contribution in [0.25, 0.3) is 5.57 Å². The van der Waals surface area contributed by atoms with Gasteiger partial charge in [-0.05, 0) is 24.1 Å². The van der Waals surface area contributed by atoms with Crippen molar-refractivity contribution in [3.05, 3.63) is 40.4 Å². The first-order valence-corrected chi connectivity index (χ1v) is 5.10. The Kier molecular flexibility index (Phi) is 4.10. The maximum absolute atomic E-state index is 11.1. The van der Waals surface area contributed by atoms with Gasteiger partial charge in [-0.2, -0.15) is 5.26 Å². The smallest absolute Gasteiger partial charge is 0.337 e. The molecular weight excluding hydrogens is 226 g/mol. The Labute approximate surface area is 98.6 Å². The summed E-state index contributed by atoms with van der Waals surface area (Å²) in [4.78, 5) is 11.1. The summed E-state index contributed by atoms with van der Waals surface area (Å²) in [5, 5.41) is 18.5. The van der Waals surface area contributed by atoms with Gasteiger partial charge >= 0.3 is 5.97 Å². The molecule has 3 nitrogen and oxygen atoms in total. The van der Waals surface area contributed by atoms with Gasteiger partial charge in [0.25, 0.3) is 0 Å². The number of hydrogen-bond acceptors (Lipinski definition) is 2. The van der Waals surface area contributed by atoms with Crippen molar-refractivity contribution in [1.29, 1.82) is 5.26 Å². The van der Waals surface area contributed by atoms with Crippen molar-refractivity contribution in [1.82, 2.24) is 0 Å². The summed E-state index contributed by atoms with van der Waals surface area (Å²) < 4.78 is 0. The molecular formula is C12H10ClNO2. The van der Waals surface area contributed by atoms with Gasteiger partial charge in [0.15, 0.2) is 0 Å². The van der Waals surface area contributed by atoms with Crippen LogP contribution >= 0.6 is 11.6 Å². The Morgan fingerprint density at radius 3 is 2.38 bits per heavy atom. The van der Waals surface area contributed by atoms with E-state index in [1.807, 2.05) is 6.07 Å². The van der Waals surface area contributed by atoms with E-state index in [1.165, 1.54) is 0 Å². The van der Waals surface area contributed by atoms with Crippen molar-refractivity contribution in [3.63, 3.8) is 0 Å². The van der Waals surface area contributed by atoms with Crippen LogP contribution in [0.4, 0.5) is 0 Å². The molecule has 0 aliphatic carbocycles. The lowest BCUT2D eigenvalue weighted by molar-refractivity contribution is -0.130. The molecule has 0 aliphatic heterocycles. The van der Waals surface area contributed by atoms with E-state index >= 15 is 0 Å². The van der Waals surface area contributed by atoms with E-state index in [9.17, 15) is 4.79 Å². The van der Waals surface area contributed by atoms with Gasteiger partial charge in [-0.15, -0.1) is 0 Å². The van der Waals surface area contributed by atoms with Crippen LogP contribution in [-0.2, 0) is 4.79 Å². The molecule has 1 aromatic rings. The minimum absolute atomic E-state index is 0.0432. The lowest BCUT2D eigenvalue weighted by Gasteiger charge is -2.05. The van der Waals surface area contributed by atoms with Crippen LogP contribution in [-0.4, -0.2) is 11.1 Å². The van der Waals surface area contributed by atoms with Crippen molar-refractivity contribution in [2.75, 3.05) is 0 Å². The molecule has 0 radical (unpaired) electrons. The van der Waals surface area contributed by atoms with Crippen molar-refractivity contribution < 1.29 is 9.90 Å². The maximum atomic E-state index is 11.1. The van der Waals surface area contributed by atoms with Crippen LogP contribution in [0.5, 0.6) is 0 Å². The van der Waals surface area contributed by atoms with E-state index in [2.05, 4.69) is 0 Å². The second-order valence-corrected chi connectivity index (χ2v) is 3.57. The fraction of sp³-hybridized carbons (Fsp3) is 0.167. The maximum Gasteiger partial charge on any atom is 0.337 e. The molecule has 0 saturated heterocycles. The predicted molar refractivity (Wildman–Crippen MR) is 61.9 cm³/mol. The summed E-state index contributed by atoms with van der Waals surface area (Å²) in [6.07, 6.45) is 0.390. The number of nitriles is 1. The van der Waals surface area contributed by atoms with E-state index < -0.39 is 5.97 Å². The number of carboxylic acids is 1. The SMILES string of the molecule is CCC(C#N)=C(C(=O)O)c1ccc(Cl)cc1. The Hall–Kier alpha value is -1.79. The second-order valence-electron chi connectivity index (χ2n) is 3.13. The molecule has 0 bridgehead atoms. The minimum Gasteiger partial charge on any atom is -0.478 e. The lowest BCUT2D eigenvalue weighted by Crippen LogP contribution is -2.03. The van der Waals surface area contributed by atoms with E-state index in [-0.39, 0.29) is 11.1 Å². The summed E-state index contributed by atoms with van der Waals surface area (Å²) in [7, 11) is 0. The first-order valence-electron chi connectivity index (χ1n) is 4.72. The monoisotopic (exact) mass is 235 g/mol. The highest BCUT2D eigenvalue weighted by molar-refractivity contribution is 6.30. The molecule has 0 heterocycles. The first kappa shape index (κ1) is 12.3. The molecule has 82 valence electrons. The van der Waals surface area contributed by atoms with E-state index in [1.54, 1.807) is 31.2 Å². The second kappa shape index (κ2) is 5.34. The number of allylic oxidation sites excluding steroid dienone is 1. The van der Waals surface area contributed by atoms with Crippen LogP contribution in [0.2, 0.25) is 5.02 Å². The van der Waals surface area contributed by atoms with Crippen LogP contribution in [0.3, 0.4) is 0 Å². The summed E-state index contributed by atoms with van der Waals surface area (Å²) in [5.74, 6) is -1.10. The molecule has 1 aromatic carbocycles. The number of benzene rings is 1. The Bertz CT molecular complexity index is 469. The quantitative estimate of drug-likeness (QED) is 0.647. The third kappa shape index (κ3) is 2.62. The molecule has 0 aliphatic rings. The summed E-state index contributed by atoms with van der Waals surface area (Å²) in [6, 6.07) is 8.31. The number of carbonyl (C=O) groups is 1. The van der Waals surface area contributed by atoms with E-state index in [0.29, 0.717) is 17.0 Å². The number of aliphatic carboxylic acids is 1. The average Bonchev–Trinajstić information content (AvgIpc) is 2.27. The molecule has 0 atom stereocenters. The fourth-order valence-electron chi connectivity index (χ4n) is 1.36. The highest BCUT2D eigenvalue weighted by atomic mass is 35.5. The molecule has 16 heavy (non-hydrogen) atoms. The molecule has 0 unspecified atom stereocenters. The largest absolute Gasteiger partial charge is 0.478 e. The highest BCUT2D eigenvalue weighted by Gasteiger charge is 2.15. The third-order valence-corrected chi connectivity index (χ3v) is 2.39. The standard InChI is InChI=1S/C12H10ClNO2/c1-2-8(7-14)11(12(15)16)9-3-5-10(13)6-4-9/h3-6H,2H2,1H3,(H,15,16). The van der Waals surface area contributed by atoms with Crippen molar-refractivity contribution in [3.8, 4) is 6.07 Å². The Morgan fingerprint density at radius 1 is 1.44 bits per heavy atom. The van der Waals surface area contributed by atoms with Gasteiger partial charge in [-0.3, -0.25) is 0 Å². The lowest BCUT2D eigenvalue weighted by atomic mass is 9.99. The molecule has 0 fully saturated rings. The van der Waals surface area contributed by atoms with E-state index in [0.717, 1.165) is 0 Å². The molecule has 0 saturated carbocycles. The number of nitrogens with zero attached hydrogens (tertiary/aromatic N) is 1. The van der Waals surface area contributed by atoms with Crippen molar-refractivity contribution in [2.45, 2.75) is 13.3 Å². The zero-order valence-electron chi connectivity index (χ0n) is 8.70. The minimum atomic E-state index is -1.10. The molecule has 1 N–H and O–H groups in total. The Balaban J connectivity index is 3.35. The number of rotatable bonds is 3. The molecule has 4 heteroatoms. The molecule has 0 spiro atoms. The number of halogens is 1. The van der Waals surface area contributed by atoms with Gasteiger partial charge in [-0.25, -0.2) is 4.79 Å². The van der Waals surface area contributed by atoms with Gasteiger partial charge < -0.3 is 5.11 Å². The van der Waals surface area contributed by atoms with Crippen LogP contribution < -0.4 is 0 Å². The molecule has 0 amide bonds. The zero-order valence-corrected chi connectivity index (χ0v) is 9.45. The van der Waals surface area contributed by atoms with Gasteiger partial charge in [0.05, 0.1) is 11.6 Å². The third-order valence-electron chi connectivity index (χ3n) is 2.14. The fourth-order valence-corrected chi connectivity index (χ4v) is 1.48. The normalized spacial score (nSPS) is 11.6. The van der Waals surface area contributed by atoms with E-state index in [4.69, 9.17) is 22.0 Å². The topological polar surface area (TPSA) is 61.1 Å². The zero-order chi connectivity index (χ0) is 12.1. The van der Waals surface area contributed by atoms with Crippen LogP contribution in [0.15, 0.2) is 29.8 Å².